The predicted molar refractivity (Wildman–Crippen MR) is 74.6 cm³/mol. The standard InChI is InChI=1S/C14H10ClFN2O3/c15-10-7-9(4-5-11(10)16)18-13(19)8-21-14(20)12-3-1-2-6-17-12/h1-7H,8H2,(H,18,19). The number of aromatic nitrogens is 1. The Morgan fingerprint density at radius 2 is 2.10 bits per heavy atom. The van der Waals surface area contributed by atoms with Crippen molar-refractivity contribution in [2.45, 2.75) is 0 Å². The second-order valence-corrected chi connectivity index (χ2v) is 4.38. The smallest absolute Gasteiger partial charge is 0.357 e. The second kappa shape index (κ2) is 6.81. The SMILES string of the molecule is O=C(COC(=O)c1ccccn1)Nc1ccc(F)c(Cl)c1. The van der Waals surface area contributed by atoms with Crippen LogP contribution in [0.5, 0.6) is 0 Å². The van der Waals surface area contributed by atoms with Crippen LogP contribution in [0.1, 0.15) is 10.5 Å². The van der Waals surface area contributed by atoms with Gasteiger partial charge in [0.1, 0.15) is 11.5 Å². The molecule has 0 saturated carbocycles. The van der Waals surface area contributed by atoms with Crippen molar-refractivity contribution in [3.63, 3.8) is 0 Å². The maximum atomic E-state index is 13.0. The Morgan fingerprint density at radius 3 is 2.76 bits per heavy atom. The number of anilines is 1. The highest BCUT2D eigenvalue weighted by atomic mass is 35.5. The summed E-state index contributed by atoms with van der Waals surface area (Å²) in [4.78, 5) is 27.0. The zero-order valence-corrected chi connectivity index (χ0v) is 11.4. The molecule has 1 heterocycles. The number of carbonyl (C=O) groups excluding carboxylic acids is 2. The van der Waals surface area contributed by atoms with Crippen molar-refractivity contribution < 1.29 is 18.7 Å². The Morgan fingerprint density at radius 1 is 1.29 bits per heavy atom. The van der Waals surface area contributed by atoms with Crippen molar-refractivity contribution in [3.05, 3.63) is 59.1 Å². The minimum atomic E-state index is -0.706. The lowest BCUT2D eigenvalue weighted by Crippen LogP contribution is -2.21. The summed E-state index contributed by atoms with van der Waals surface area (Å²) in [6.45, 7) is -0.482. The Kier molecular flexibility index (Phi) is 4.84. The van der Waals surface area contributed by atoms with Gasteiger partial charge in [0.15, 0.2) is 6.61 Å². The van der Waals surface area contributed by atoms with Crippen LogP contribution in [0, 0.1) is 5.82 Å². The van der Waals surface area contributed by atoms with Crippen LogP contribution in [0.25, 0.3) is 0 Å². The Hall–Kier alpha value is -2.47. The van der Waals surface area contributed by atoms with Crippen molar-refractivity contribution in [2.24, 2.45) is 0 Å². The zero-order valence-electron chi connectivity index (χ0n) is 10.7. The monoisotopic (exact) mass is 308 g/mol. The summed E-state index contributed by atoms with van der Waals surface area (Å²) >= 11 is 5.58. The van der Waals surface area contributed by atoms with E-state index in [0.29, 0.717) is 5.69 Å². The molecule has 0 saturated heterocycles. The van der Waals surface area contributed by atoms with Crippen molar-refractivity contribution in [1.29, 1.82) is 0 Å². The highest BCUT2D eigenvalue weighted by Crippen LogP contribution is 2.19. The largest absolute Gasteiger partial charge is 0.451 e. The number of esters is 1. The maximum absolute atomic E-state index is 13.0. The molecule has 0 unspecified atom stereocenters. The summed E-state index contributed by atoms with van der Waals surface area (Å²) < 4.78 is 17.8. The molecule has 1 aromatic heterocycles. The first-order valence-electron chi connectivity index (χ1n) is 5.89. The number of benzene rings is 1. The van der Waals surface area contributed by atoms with Crippen molar-refractivity contribution in [2.75, 3.05) is 11.9 Å². The normalized spacial score (nSPS) is 10.0. The molecule has 7 heteroatoms. The molecule has 1 amide bonds. The van der Waals surface area contributed by atoms with Gasteiger partial charge in [-0.1, -0.05) is 17.7 Å². The van der Waals surface area contributed by atoms with E-state index in [4.69, 9.17) is 16.3 Å². The van der Waals surface area contributed by atoms with Crippen LogP contribution in [0.3, 0.4) is 0 Å². The molecule has 0 aliphatic heterocycles. The third kappa shape index (κ3) is 4.25. The first-order valence-corrected chi connectivity index (χ1v) is 6.27. The van der Waals surface area contributed by atoms with Crippen LogP contribution in [-0.2, 0) is 9.53 Å². The van der Waals surface area contributed by atoms with E-state index in [1.54, 1.807) is 12.1 Å². The molecule has 0 radical (unpaired) electrons. The fourth-order valence-corrected chi connectivity index (χ4v) is 1.64. The molecule has 0 spiro atoms. The summed E-state index contributed by atoms with van der Waals surface area (Å²) in [5.74, 6) is -1.86. The zero-order chi connectivity index (χ0) is 15.2. The molecule has 21 heavy (non-hydrogen) atoms. The van der Waals surface area contributed by atoms with E-state index >= 15 is 0 Å². The number of hydrogen-bond donors (Lipinski definition) is 1. The molecule has 0 atom stereocenters. The van der Waals surface area contributed by atoms with Gasteiger partial charge in [-0.25, -0.2) is 14.2 Å². The van der Waals surface area contributed by atoms with Crippen molar-refractivity contribution in [3.8, 4) is 0 Å². The molecule has 0 aliphatic rings. The minimum absolute atomic E-state index is 0.107. The van der Waals surface area contributed by atoms with Crippen LogP contribution in [0.4, 0.5) is 10.1 Å². The lowest BCUT2D eigenvalue weighted by Gasteiger charge is -2.07. The molecule has 108 valence electrons. The summed E-state index contributed by atoms with van der Waals surface area (Å²) in [5.41, 5.74) is 0.412. The fraction of sp³-hybridized carbons (Fsp3) is 0.0714. The molecule has 0 fully saturated rings. The van der Waals surface area contributed by atoms with E-state index in [9.17, 15) is 14.0 Å². The Balaban J connectivity index is 1.87. The molecular weight excluding hydrogens is 299 g/mol. The quantitative estimate of drug-likeness (QED) is 0.882. The van der Waals surface area contributed by atoms with Crippen LogP contribution in [0.2, 0.25) is 5.02 Å². The number of pyridine rings is 1. The number of amides is 1. The van der Waals surface area contributed by atoms with E-state index in [-0.39, 0.29) is 10.7 Å². The summed E-state index contributed by atoms with van der Waals surface area (Å²) in [5, 5.41) is 2.32. The average Bonchev–Trinajstić information content (AvgIpc) is 2.49. The van der Waals surface area contributed by atoms with E-state index in [0.717, 1.165) is 6.07 Å². The van der Waals surface area contributed by atoms with Crippen LogP contribution >= 0.6 is 11.6 Å². The van der Waals surface area contributed by atoms with Gasteiger partial charge in [0.05, 0.1) is 5.02 Å². The molecule has 0 bridgehead atoms. The number of ether oxygens (including phenoxy) is 1. The predicted octanol–water partition coefficient (Wildman–Crippen LogP) is 2.67. The number of rotatable bonds is 4. The maximum Gasteiger partial charge on any atom is 0.357 e. The van der Waals surface area contributed by atoms with Gasteiger partial charge in [-0.3, -0.25) is 4.79 Å². The van der Waals surface area contributed by atoms with Crippen molar-refractivity contribution >= 4 is 29.2 Å². The van der Waals surface area contributed by atoms with E-state index in [1.165, 1.54) is 24.4 Å². The number of nitrogens with one attached hydrogen (secondary N) is 1. The molecule has 1 aromatic carbocycles. The van der Waals surface area contributed by atoms with Crippen LogP contribution in [-0.4, -0.2) is 23.5 Å². The third-order valence-corrected chi connectivity index (χ3v) is 2.70. The van der Waals surface area contributed by atoms with Crippen LogP contribution in [0.15, 0.2) is 42.6 Å². The van der Waals surface area contributed by atoms with Gasteiger partial charge >= 0.3 is 5.97 Å². The van der Waals surface area contributed by atoms with Crippen LogP contribution < -0.4 is 5.32 Å². The first-order chi connectivity index (χ1) is 10.1. The van der Waals surface area contributed by atoms with Crippen molar-refractivity contribution in [1.82, 2.24) is 4.98 Å². The number of carbonyl (C=O) groups is 2. The third-order valence-electron chi connectivity index (χ3n) is 2.41. The molecule has 0 aliphatic carbocycles. The van der Waals surface area contributed by atoms with Gasteiger partial charge in [0, 0.05) is 11.9 Å². The van der Waals surface area contributed by atoms with Gasteiger partial charge < -0.3 is 10.1 Å². The number of halogens is 2. The van der Waals surface area contributed by atoms with Gasteiger partial charge in [0.25, 0.3) is 5.91 Å². The second-order valence-electron chi connectivity index (χ2n) is 3.97. The molecule has 2 aromatic rings. The molecule has 1 N–H and O–H groups in total. The van der Waals surface area contributed by atoms with Gasteiger partial charge in [-0.15, -0.1) is 0 Å². The Labute approximate surface area is 124 Å². The first kappa shape index (κ1) is 14.9. The fourth-order valence-electron chi connectivity index (χ4n) is 1.46. The summed E-state index contributed by atoms with van der Waals surface area (Å²) in [7, 11) is 0. The van der Waals surface area contributed by atoms with E-state index in [2.05, 4.69) is 10.3 Å². The highest BCUT2D eigenvalue weighted by Gasteiger charge is 2.11. The minimum Gasteiger partial charge on any atom is -0.451 e. The summed E-state index contributed by atoms with van der Waals surface area (Å²) in [6, 6.07) is 8.48. The summed E-state index contributed by atoms with van der Waals surface area (Å²) in [6.07, 6.45) is 1.44. The van der Waals surface area contributed by atoms with E-state index in [1.807, 2.05) is 0 Å². The Bertz CT molecular complexity index is 665. The molecular formula is C14H10ClFN2O3. The average molecular weight is 309 g/mol. The molecule has 2 rings (SSSR count). The topological polar surface area (TPSA) is 68.3 Å². The lowest BCUT2D eigenvalue weighted by atomic mass is 10.3. The van der Waals surface area contributed by atoms with E-state index < -0.39 is 24.3 Å². The van der Waals surface area contributed by atoms with Gasteiger partial charge in [0.2, 0.25) is 0 Å². The van der Waals surface area contributed by atoms with Gasteiger partial charge in [-0.2, -0.15) is 0 Å². The highest BCUT2D eigenvalue weighted by molar-refractivity contribution is 6.31. The number of hydrogen-bond acceptors (Lipinski definition) is 4. The van der Waals surface area contributed by atoms with Gasteiger partial charge in [-0.05, 0) is 30.3 Å². The molecule has 5 nitrogen and oxygen atoms in total. The lowest BCUT2D eigenvalue weighted by molar-refractivity contribution is -0.119. The number of nitrogens with zero attached hydrogens (tertiary/aromatic N) is 1.